The first-order chi connectivity index (χ1) is 6.19. The maximum Gasteiger partial charge on any atom is 0.349 e. The minimum atomic E-state index is -0.233. The van der Waals surface area contributed by atoms with Crippen molar-refractivity contribution in [2.24, 2.45) is 0 Å². The number of thiophene rings is 1. The summed E-state index contributed by atoms with van der Waals surface area (Å²) in [5.74, 6) is 0.737. The van der Waals surface area contributed by atoms with Gasteiger partial charge in [0.2, 0.25) is 0 Å². The lowest BCUT2D eigenvalue weighted by Crippen LogP contribution is -1.99. The van der Waals surface area contributed by atoms with Gasteiger partial charge in [-0.2, -0.15) is 0 Å². The Balaban J connectivity index is 2.96. The van der Waals surface area contributed by atoms with Crippen LogP contribution in [0, 0.1) is 2.88 Å². The molecule has 0 aromatic carbocycles. The number of ether oxygens (including phenoxy) is 1. The Morgan fingerprint density at radius 2 is 2.46 bits per heavy atom. The van der Waals surface area contributed by atoms with Crippen LogP contribution in [0.15, 0.2) is 11.0 Å². The summed E-state index contributed by atoms with van der Waals surface area (Å²) in [5, 5.41) is 0. The molecule has 0 fully saturated rings. The van der Waals surface area contributed by atoms with Crippen LogP contribution in [0.3, 0.4) is 0 Å². The van der Waals surface area contributed by atoms with Crippen molar-refractivity contribution in [2.75, 3.05) is 12.9 Å². The maximum atomic E-state index is 11.3. The number of carbonyl (C=O) groups is 1. The van der Waals surface area contributed by atoms with E-state index in [-0.39, 0.29) is 5.97 Å². The Morgan fingerprint density at radius 3 is 3.00 bits per heavy atom. The van der Waals surface area contributed by atoms with Crippen LogP contribution in [0.1, 0.15) is 16.6 Å². The van der Waals surface area contributed by atoms with Crippen LogP contribution in [0.5, 0.6) is 0 Å². The molecular weight excluding hydrogens is 319 g/mol. The Labute approximate surface area is 99.2 Å². The van der Waals surface area contributed by atoms with Gasteiger partial charge < -0.3 is 4.74 Å². The zero-order chi connectivity index (χ0) is 9.84. The summed E-state index contributed by atoms with van der Waals surface area (Å²) in [5.41, 5.74) is 0. The number of rotatable bonds is 3. The number of carbonyl (C=O) groups excluding carboxylic acids is 1. The first kappa shape index (κ1) is 11.3. The zero-order valence-electron chi connectivity index (χ0n) is 7.30. The molecule has 0 bridgehead atoms. The van der Waals surface area contributed by atoms with E-state index in [1.165, 1.54) is 18.4 Å². The van der Waals surface area contributed by atoms with Gasteiger partial charge in [-0.15, -0.1) is 23.1 Å². The van der Waals surface area contributed by atoms with Crippen molar-refractivity contribution in [2.45, 2.75) is 11.8 Å². The average molecular weight is 328 g/mol. The largest absolute Gasteiger partial charge is 0.465 e. The molecule has 0 N–H and O–H groups in total. The summed E-state index contributed by atoms with van der Waals surface area (Å²) >= 11 is 5.36. The van der Waals surface area contributed by atoms with Crippen LogP contribution in [-0.2, 0) is 4.74 Å². The van der Waals surface area contributed by atoms with Gasteiger partial charge in [-0.05, 0) is 34.4 Å². The highest BCUT2D eigenvalue weighted by molar-refractivity contribution is 14.1. The van der Waals surface area contributed by atoms with E-state index in [1.807, 2.05) is 6.07 Å². The van der Waals surface area contributed by atoms with Crippen LogP contribution in [0.4, 0.5) is 0 Å². The molecule has 0 aliphatic rings. The molecule has 1 aromatic heterocycles. The minimum Gasteiger partial charge on any atom is -0.465 e. The smallest absolute Gasteiger partial charge is 0.349 e. The van der Waals surface area contributed by atoms with Crippen LogP contribution in [0.25, 0.3) is 0 Å². The predicted molar refractivity (Wildman–Crippen MR) is 64.8 cm³/mol. The molecule has 0 spiro atoms. The summed E-state index contributed by atoms with van der Waals surface area (Å²) in [6.45, 7) is 2.07. The highest BCUT2D eigenvalue weighted by Gasteiger charge is 2.15. The first-order valence-corrected chi connectivity index (χ1v) is 6.57. The Morgan fingerprint density at radius 1 is 1.77 bits per heavy atom. The molecule has 2 nitrogen and oxygen atoms in total. The SMILES string of the molecule is CCSc1cc(I)sc1C(=O)OC. The summed E-state index contributed by atoms with van der Waals surface area (Å²) in [7, 11) is 1.41. The van der Waals surface area contributed by atoms with Crippen molar-refractivity contribution in [3.05, 3.63) is 13.8 Å². The standard InChI is InChI=1S/C8H9IO2S2/c1-3-12-5-4-6(9)13-7(5)8(10)11-2/h4H,3H2,1-2H3. The monoisotopic (exact) mass is 328 g/mol. The number of halogens is 1. The second kappa shape index (κ2) is 5.21. The Hall–Kier alpha value is 0.250. The summed E-state index contributed by atoms with van der Waals surface area (Å²) in [6, 6.07) is 2.02. The third-order valence-corrected chi connectivity index (χ3v) is 4.26. The van der Waals surface area contributed by atoms with E-state index < -0.39 is 0 Å². The first-order valence-electron chi connectivity index (χ1n) is 3.69. The molecule has 0 saturated carbocycles. The number of hydrogen-bond acceptors (Lipinski definition) is 4. The van der Waals surface area contributed by atoms with Crippen molar-refractivity contribution >= 4 is 51.7 Å². The van der Waals surface area contributed by atoms with Gasteiger partial charge in [0.15, 0.2) is 0 Å². The minimum absolute atomic E-state index is 0.233. The summed E-state index contributed by atoms with van der Waals surface area (Å²) < 4.78 is 5.81. The van der Waals surface area contributed by atoms with Crippen molar-refractivity contribution in [1.29, 1.82) is 0 Å². The van der Waals surface area contributed by atoms with Crippen molar-refractivity contribution in [3.63, 3.8) is 0 Å². The van der Waals surface area contributed by atoms with Gasteiger partial charge in [-0.1, -0.05) is 6.92 Å². The Kier molecular flexibility index (Phi) is 4.54. The van der Waals surface area contributed by atoms with E-state index in [0.717, 1.165) is 18.4 Å². The molecule has 0 aliphatic heterocycles. The van der Waals surface area contributed by atoms with Gasteiger partial charge in [0, 0.05) is 4.90 Å². The van der Waals surface area contributed by atoms with Crippen molar-refractivity contribution < 1.29 is 9.53 Å². The average Bonchev–Trinajstić information content (AvgIpc) is 2.46. The molecule has 0 amide bonds. The number of esters is 1. The molecule has 1 heterocycles. The molecule has 0 atom stereocenters. The highest BCUT2D eigenvalue weighted by atomic mass is 127. The van der Waals surface area contributed by atoms with E-state index in [2.05, 4.69) is 29.5 Å². The van der Waals surface area contributed by atoms with E-state index in [1.54, 1.807) is 11.8 Å². The molecule has 5 heteroatoms. The lowest BCUT2D eigenvalue weighted by molar-refractivity contribution is 0.0603. The molecule has 1 rings (SSSR count). The quantitative estimate of drug-likeness (QED) is 0.484. The van der Waals surface area contributed by atoms with E-state index >= 15 is 0 Å². The van der Waals surface area contributed by atoms with Crippen LogP contribution < -0.4 is 0 Å². The predicted octanol–water partition coefficient (Wildman–Crippen LogP) is 3.25. The molecule has 0 aliphatic carbocycles. The van der Waals surface area contributed by atoms with Crippen LogP contribution in [0.2, 0.25) is 0 Å². The van der Waals surface area contributed by atoms with Gasteiger partial charge in [0.25, 0.3) is 0 Å². The van der Waals surface area contributed by atoms with E-state index in [0.29, 0.717) is 0 Å². The second-order valence-electron chi connectivity index (χ2n) is 2.17. The molecule has 0 radical (unpaired) electrons. The number of thioether (sulfide) groups is 1. The van der Waals surface area contributed by atoms with Crippen molar-refractivity contribution in [3.8, 4) is 0 Å². The van der Waals surface area contributed by atoms with Gasteiger partial charge in [0.05, 0.1) is 9.99 Å². The van der Waals surface area contributed by atoms with Crippen LogP contribution >= 0.6 is 45.7 Å². The van der Waals surface area contributed by atoms with Gasteiger partial charge in [-0.3, -0.25) is 0 Å². The Bertz CT molecular complexity index is 309. The van der Waals surface area contributed by atoms with Crippen molar-refractivity contribution in [1.82, 2.24) is 0 Å². The van der Waals surface area contributed by atoms with Gasteiger partial charge >= 0.3 is 5.97 Å². The summed E-state index contributed by atoms with van der Waals surface area (Å²) in [6.07, 6.45) is 0. The fraction of sp³-hybridized carbons (Fsp3) is 0.375. The van der Waals surface area contributed by atoms with E-state index in [4.69, 9.17) is 4.74 Å². The fourth-order valence-corrected chi connectivity index (χ4v) is 3.83. The molecule has 72 valence electrons. The van der Waals surface area contributed by atoms with E-state index in [9.17, 15) is 4.79 Å². The summed E-state index contributed by atoms with van der Waals surface area (Å²) in [4.78, 5) is 13.0. The van der Waals surface area contributed by atoms with Gasteiger partial charge in [0.1, 0.15) is 4.88 Å². The third-order valence-electron chi connectivity index (χ3n) is 1.34. The number of hydrogen-bond donors (Lipinski definition) is 0. The molecule has 0 saturated heterocycles. The molecule has 0 unspecified atom stereocenters. The molecule has 1 aromatic rings. The lowest BCUT2D eigenvalue weighted by Gasteiger charge is -1.98. The molecule has 13 heavy (non-hydrogen) atoms. The third kappa shape index (κ3) is 2.85. The normalized spacial score (nSPS) is 10.1. The number of methoxy groups -OCH3 is 1. The maximum absolute atomic E-state index is 11.3. The van der Waals surface area contributed by atoms with Crippen LogP contribution in [-0.4, -0.2) is 18.8 Å². The lowest BCUT2D eigenvalue weighted by atomic mass is 10.5. The van der Waals surface area contributed by atoms with Gasteiger partial charge in [-0.25, -0.2) is 4.79 Å². The topological polar surface area (TPSA) is 26.3 Å². The second-order valence-corrected chi connectivity index (χ2v) is 6.42. The fourth-order valence-electron chi connectivity index (χ4n) is 0.844. The molecular formula is C8H9IO2S2. The zero-order valence-corrected chi connectivity index (χ0v) is 11.1. The highest BCUT2D eigenvalue weighted by Crippen LogP contribution is 2.32.